The fourth-order valence-corrected chi connectivity index (χ4v) is 3.54. The number of carboxylic acid groups (broad SMARTS) is 1. The third-order valence-electron chi connectivity index (χ3n) is 5.08. The van der Waals surface area contributed by atoms with E-state index in [9.17, 15) is 22.8 Å². The Morgan fingerprint density at radius 3 is 2.36 bits per heavy atom. The van der Waals surface area contributed by atoms with E-state index >= 15 is 0 Å². The van der Waals surface area contributed by atoms with Crippen molar-refractivity contribution in [2.75, 3.05) is 33.3 Å². The van der Waals surface area contributed by atoms with Crippen LogP contribution in [0.1, 0.15) is 29.8 Å². The van der Waals surface area contributed by atoms with Crippen LogP contribution in [0.25, 0.3) is 0 Å². The van der Waals surface area contributed by atoms with Gasteiger partial charge in [0.25, 0.3) is 5.91 Å². The number of nitrogens with one attached hydrogen (secondary N) is 1. The van der Waals surface area contributed by atoms with Gasteiger partial charge in [-0.2, -0.15) is 18.4 Å². The van der Waals surface area contributed by atoms with E-state index in [1.807, 2.05) is 31.9 Å². The smallest absolute Gasteiger partial charge is 0.475 e. The van der Waals surface area contributed by atoms with Crippen LogP contribution in [0.5, 0.6) is 0 Å². The molecule has 0 radical (unpaired) electrons. The number of carbonyl (C=O) groups is 3. The summed E-state index contributed by atoms with van der Waals surface area (Å²) >= 11 is 0. The van der Waals surface area contributed by atoms with Crippen molar-refractivity contribution in [1.82, 2.24) is 15.1 Å². The number of hydrogen-bond donors (Lipinski definition) is 2. The average Bonchev–Trinajstić information content (AvgIpc) is 2.70. The highest BCUT2D eigenvalue weighted by Gasteiger charge is 2.51. The van der Waals surface area contributed by atoms with E-state index in [-0.39, 0.29) is 23.9 Å². The fraction of sp³-hybridized carbons (Fsp3) is 0.524. The summed E-state index contributed by atoms with van der Waals surface area (Å²) in [7, 11) is 1.91. The van der Waals surface area contributed by atoms with Crippen molar-refractivity contribution >= 4 is 17.8 Å². The summed E-state index contributed by atoms with van der Waals surface area (Å²) in [5, 5.41) is 19.0. The molecule has 2 heterocycles. The van der Waals surface area contributed by atoms with Gasteiger partial charge in [0, 0.05) is 18.2 Å². The Kier molecular flexibility index (Phi) is 8.05. The molecule has 1 unspecified atom stereocenters. The van der Waals surface area contributed by atoms with Gasteiger partial charge in [0.1, 0.15) is 11.6 Å². The number of hydrogen-bond acceptors (Lipinski definition) is 6. The van der Waals surface area contributed by atoms with Gasteiger partial charge in [-0.1, -0.05) is 6.07 Å². The maximum absolute atomic E-state index is 12.6. The minimum atomic E-state index is -5.08. The second-order valence-corrected chi connectivity index (χ2v) is 8.24. The van der Waals surface area contributed by atoms with Crippen LogP contribution in [0.3, 0.4) is 0 Å². The number of carbonyl (C=O) groups excluding carboxylic acids is 2. The third-order valence-corrected chi connectivity index (χ3v) is 5.08. The number of likely N-dealkylation sites (N-methyl/N-ethyl adjacent to an activating group) is 1. The lowest BCUT2D eigenvalue weighted by Crippen LogP contribution is -2.73. The number of nitrogens with zero attached hydrogens (tertiary/aromatic N) is 3. The molecular weight excluding hydrogens is 445 g/mol. The molecule has 2 aliphatic heterocycles. The number of nitriles is 1. The highest BCUT2D eigenvalue weighted by atomic mass is 19.4. The quantitative estimate of drug-likeness (QED) is 0.682. The van der Waals surface area contributed by atoms with Gasteiger partial charge in [-0.25, -0.2) is 4.79 Å². The SMILES string of the molecule is CC(C)NC(=O)C1COC2(CN(C(=O)c3cccc(C#N)c3)C2)CN1C.O=C(O)C(F)(F)F. The minimum Gasteiger partial charge on any atom is -0.475 e. The van der Waals surface area contributed by atoms with Gasteiger partial charge in [-0.15, -0.1) is 0 Å². The van der Waals surface area contributed by atoms with E-state index in [0.29, 0.717) is 37.4 Å². The van der Waals surface area contributed by atoms with Crippen LogP contribution in [-0.2, 0) is 14.3 Å². The Labute approximate surface area is 188 Å². The van der Waals surface area contributed by atoms with Crippen LogP contribution in [0.4, 0.5) is 13.2 Å². The molecule has 1 atom stereocenters. The first-order valence-electron chi connectivity index (χ1n) is 10.0. The second-order valence-electron chi connectivity index (χ2n) is 8.24. The number of amides is 2. The molecule has 12 heteroatoms. The van der Waals surface area contributed by atoms with Gasteiger partial charge < -0.3 is 20.1 Å². The molecule has 9 nitrogen and oxygen atoms in total. The summed E-state index contributed by atoms with van der Waals surface area (Å²) in [6.45, 7) is 5.77. The summed E-state index contributed by atoms with van der Waals surface area (Å²) in [4.78, 5) is 37.4. The topological polar surface area (TPSA) is 123 Å². The van der Waals surface area contributed by atoms with E-state index in [1.54, 1.807) is 29.2 Å². The van der Waals surface area contributed by atoms with Crippen LogP contribution < -0.4 is 5.32 Å². The minimum absolute atomic E-state index is 0.0297. The summed E-state index contributed by atoms with van der Waals surface area (Å²) in [5.41, 5.74) is 0.572. The molecule has 0 bridgehead atoms. The number of morpholine rings is 1. The largest absolute Gasteiger partial charge is 0.490 e. The molecule has 2 fully saturated rings. The van der Waals surface area contributed by atoms with Crippen LogP contribution in [0.15, 0.2) is 24.3 Å². The van der Waals surface area contributed by atoms with Crippen molar-refractivity contribution in [3.8, 4) is 6.07 Å². The first-order valence-corrected chi connectivity index (χ1v) is 10.0. The van der Waals surface area contributed by atoms with Gasteiger partial charge in [-0.05, 0) is 39.1 Å². The predicted molar refractivity (Wildman–Crippen MR) is 109 cm³/mol. The molecule has 2 N–H and O–H groups in total. The Morgan fingerprint density at radius 1 is 1.27 bits per heavy atom. The van der Waals surface area contributed by atoms with Crippen molar-refractivity contribution in [2.24, 2.45) is 0 Å². The van der Waals surface area contributed by atoms with Gasteiger partial charge >= 0.3 is 12.1 Å². The van der Waals surface area contributed by atoms with E-state index in [4.69, 9.17) is 19.9 Å². The third kappa shape index (κ3) is 6.66. The first kappa shape index (κ1) is 26.1. The van der Waals surface area contributed by atoms with Crippen LogP contribution in [-0.4, -0.2) is 89.8 Å². The Balaban J connectivity index is 0.000000479. The number of aliphatic carboxylic acids is 1. The highest BCUT2D eigenvalue weighted by Crippen LogP contribution is 2.31. The average molecular weight is 470 g/mol. The molecule has 180 valence electrons. The Bertz CT molecular complexity index is 939. The van der Waals surface area contributed by atoms with Gasteiger partial charge in [0.05, 0.1) is 31.3 Å². The Hall–Kier alpha value is -3.17. The van der Waals surface area contributed by atoms with Gasteiger partial charge in [0.2, 0.25) is 5.91 Å². The normalized spacial score (nSPS) is 19.7. The molecule has 1 spiro atoms. The van der Waals surface area contributed by atoms with E-state index in [1.165, 1.54) is 0 Å². The number of benzene rings is 1. The number of alkyl halides is 3. The summed E-state index contributed by atoms with van der Waals surface area (Å²) in [6, 6.07) is 8.54. The molecule has 33 heavy (non-hydrogen) atoms. The van der Waals surface area contributed by atoms with E-state index < -0.39 is 17.7 Å². The predicted octanol–water partition coefficient (Wildman–Crippen LogP) is 1.24. The van der Waals surface area contributed by atoms with Crippen molar-refractivity contribution in [3.05, 3.63) is 35.4 Å². The molecule has 1 aromatic carbocycles. The highest BCUT2D eigenvalue weighted by molar-refractivity contribution is 5.95. The molecule has 1 aromatic rings. The maximum atomic E-state index is 12.6. The monoisotopic (exact) mass is 470 g/mol. The van der Waals surface area contributed by atoms with Gasteiger partial charge in [-0.3, -0.25) is 14.5 Å². The lowest BCUT2D eigenvalue weighted by atomic mass is 9.89. The summed E-state index contributed by atoms with van der Waals surface area (Å²) in [5.74, 6) is -2.89. The van der Waals surface area contributed by atoms with Crippen LogP contribution in [0.2, 0.25) is 0 Å². The zero-order valence-corrected chi connectivity index (χ0v) is 18.3. The number of likely N-dealkylation sites (tertiary alicyclic amines) is 1. The van der Waals surface area contributed by atoms with Crippen molar-refractivity contribution in [1.29, 1.82) is 5.26 Å². The summed E-state index contributed by atoms with van der Waals surface area (Å²) < 4.78 is 37.7. The number of carboxylic acids is 1. The molecule has 2 saturated heterocycles. The molecular formula is C21H25F3N4O5. The molecule has 0 aromatic heterocycles. The molecule has 2 aliphatic rings. The van der Waals surface area contributed by atoms with Crippen molar-refractivity contribution in [2.45, 2.75) is 37.7 Å². The molecule has 2 amide bonds. The number of halogens is 3. The van der Waals surface area contributed by atoms with Crippen LogP contribution in [0, 0.1) is 11.3 Å². The first-order chi connectivity index (χ1) is 15.3. The van der Waals surface area contributed by atoms with E-state index in [0.717, 1.165) is 0 Å². The Morgan fingerprint density at radius 2 is 1.88 bits per heavy atom. The summed E-state index contributed by atoms with van der Waals surface area (Å²) in [6.07, 6.45) is -5.08. The lowest BCUT2D eigenvalue weighted by molar-refractivity contribution is -0.192. The van der Waals surface area contributed by atoms with Crippen LogP contribution >= 0.6 is 0 Å². The zero-order valence-electron chi connectivity index (χ0n) is 18.3. The van der Waals surface area contributed by atoms with Gasteiger partial charge in [0.15, 0.2) is 0 Å². The molecule has 3 rings (SSSR count). The molecule has 0 saturated carbocycles. The molecule has 0 aliphatic carbocycles. The zero-order chi connectivity index (χ0) is 25.0. The van der Waals surface area contributed by atoms with Crippen molar-refractivity contribution < 1.29 is 37.4 Å². The number of rotatable bonds is 3. The number of ether oxygens (including phenoxy) is 1. The van der Waals surface area contributed by atoms with Crippen molar-refractivity contribution in [3.63, 3.8) is 0 Å². The standard InChI is InChI=1S/C19H24N4O3.C2HF3O2/c1-13(2)21-17(24)16-9-26-19(10-22(16)3)11-23(12-19)18(25)15-6-4-5-14(7-15)8-20;3-2(4,5)1(6)7/h4-7,13,16H,9-12H2,1-3H3,(H,21,24);(H,6,7). The van der Waals surface area contributed by atoms with E-state index in [2.05, 4.69) is 5.32 Å². The maximum Gasteiger partial charge on any atom is 0.490 e. The lowest BCUT2D eigenvalue weighted by Gasteiger charge is -2.54. The second kappa shape index (κ2) is 10.2. The fourth-order valence-electron chi connectivity index (χ4n) is 3.54.